The van der Waals surface area contributed by atoms with Crippen LogP contribution in [0.5, 0.6) is 0 Å². The van der Waals surface area contributed by atoms with E-state index in [0.717, 1.165) is 16.7 Å². The molecular formula is C29H32FNO5. The first-order chi connectivity index (χ1) is 17.1. The number of allylic oxidation sites excluding steroid dienone is 2. The lowest BCUT2D eigenvalue weighted by Crippen LogP contribution is -2.34. The monoisotopic (exact) mass is 493 g/mol. The summed E-state index contributed by atoms with van der Waals surface area (Å²) in [6.07, 6.45) is 2.93. The van der Waals surface area contributed by atoms with Gasteiger partial charge in [-0.15, -0.1) is 0 Å². The zero-order chi connectivity index (χ0) is 25.9. The first-order valence-corrected chi connectivity index (χ1v) is 12.2. The Morgan fingerprint density at radius 3 is 2.64 bits per heavy atom. The van der Waals surface area contributed by atoms with Crippen LogP contribution in [0.4, 0.5) is 14.9 Å². The van der Waals surface area contributed by atoms with Crippen molar-refractivity contribution in [2.75, 3.05) is 5.32 Å². The summed E-state index contributed by atoms with van der Waals surface area (Å²) >= 11 is 0. The number of halogens is 1. The Kier molecular flexibility index (Phi) is 7.59. The van der Waals surface area contributed by atoms with E-state index in [1.807, 2.05) is 24.3 Å². The molecule has 1 saturated heterocycles. The van der Waals surface area contributed by atoms with Crippen molar-refractivity contribution < 1.29 is 28.6 Å². The molecule has 1 aliphatic heterocycles. The summed E-state index contributed by atoms with van der Waals surface area (Å²) in [4.78, 5) is 24.4. The molecule has 1 aliphatic carbocycles. The number of nitrogens with one attached hydrogen (secondary N) is 1. The molecule has 190 valence electrons. The number of amides is 1. The zero-order valence-corrected chi connectivity index (χ0v) is 20.8. The van der Waals surface area contributed by atoms with Gasteiger partial charge in [0.15, 0.2) is 0 Å². The van der Waals surface area contributed by atoms with Gasteiger partial charge < -0.3 is 14.6 Å². The van der Waals surface area contributed by atoms with Gasteiger partial charge in [-0.2, -0.15) is 0 Å². The van der Waals surface area contributed by atoms with Gasteiger partial charge in [0.25, 0.3) is 0 Å². The van der Waals surface area contributed by atoms with E-state index in [1.54, 1.807) is 37.3 Å². The number of ether oxygens (including phenoxy) is 2. The number of anilines is 1. The van der Waals surface area contributed by atoms with E-state index in [2.05, 4.69) is 19.2 Å². The Bertz CT molecular complexity index is 1190. The first-order valence-electron chi connectivity index (χ1n) is 12.2. The highest BCUT2D eigenvalue weighted by Gasteiger charge is 2.37. The smallest absolute Gasteiger partial charge is 0.411 e. The maximum absolute atomic E-state index is 14.1. The van der Waals surface area contributed by atoms with Crippen LogP contribution in [0.1, 0.15) is 50.7 Å². The van der Waals surface area contributed by atoms with E-state index in [0.29, 0.717) is 30.5 Å². The van der Waals surface area contributed by atoms with E-state index >= 15 is 0 Å². The predicted octanol–water partition coefficient (Wildman–Crippen LogP) is 5.95. The number of hydrogen-bond acceptors (Lipinski definition) is 5. The molecule has 2 aliphatic rings. The maximum atomic E-state index is 14.1. The highest BCUT2D eigenvalue weighted by Crippen LogP contribution is 2.46. The van der Waals surface area contributed by atoms with E-state index in [4.69, 9.17) is 9.47 Å². The number of aryl methyl sites for hydroxylation is 1. The molecule has 2 N–H and O–H groups in total. The van der Waals surface area contributed by atoms with Crippen molar-refractivity contribution in [3.63, 3.8) is 0 Å². The Morgan fingerprint density at radius 2 is 1.94 bits per heavy atom. The van der Waals surface area contributed by atoms with E-state index in [-0.39, 0.29) is 12.2 Å². The molecule has 3 unspecified atom stereocenters. The topological polar surface area (TPSA) is 84.9 Å². The fourth-order valence-electron chi connectivity index (χ4n) is 4.96. The number of aliphatic hydroxyl groups excluding tert-OH is 1. The molecular weight excluding hydrogens is 461 g/mol. The summed E-state index contributed by atoms with van der Waals surface area (Å²) in [5, 5.41) is 12.7. The summed E-state index contributed by atoms with van der Waals surface area (Å²) in [6.45, 7) is 5.85. The van der Waals surface area contributed by atoms with Gasteiger partial charge in [-0.05, 0) is 71.4 Å². The van der Waals surface area contributed by atoms with Gasteiger partial charge in [0.1, 0.15) is 18.0 Å². The number of hydrogen-bond donors (Lipinski definition) is 2. The van der Waals surface area contributed by atoms with Crippen LogP contribution >= 0.6 is 0 Å². The molecule has 4 rings (SSSR count). The Labute approximate surface area is 210 Å². The third-order valence-electron chi connectivity index (χ3n) is 6.69. The summed E-state index contributed by atoms with van der Waals surface area (Å²) in [6, 6.07) is 14.1. The van der Waals surface area contributed by atoms with Crippen molar-refractivity contribution in [1.29, 1.82) is 0 Å². The molecule has 2 aromatic carbocycles. The molecule has 0 aromatic heterocycles. The van der Waals surface area contributed by atoms with Crippen molar-refractivity contribution in [3.05, 3.63) is 83.2 Å². The number of cyclic esters (lactones) is 1. The van der Waals surface area contributed by atoms with Gasteiger partial charge in [-0.3, -0.25) is 10.1 Å². The molecule has 0 spiro atoms. The minimum atomic E-state index is -0.727. The molecule has 1 amide bonds. The Hall–Kier alpha value is -3.45. The summed E-state index contributed by atoms with van der Waals surface area (Å²) < 4.78 is 25.3. The number of para-hydroxylation sites is 1. The molecule has 36 heavy (non-hydrogen) atoms. The standard InChI is InChI=1S/C29H32FNO5/c1-18-13-19(9-12-26(18)30)24-16-23(36-28(34)31-20-7-5-4-6-8-20)17-29(2,3)25(24)11-10-22-14-21(32)15-27(33)35-22/h4-13,21-23,32H,14-17H2,1-3H3,(H,31,34)/b11-10+. The van der Waals surface area contributed by atoms with Gasteiger partial charge >= 0.3 is 12.1 Å². The van der Waals surface area contributed by atoms with Gasteiger partial charge in [0.2, 0.25) is 0 Å². The lowest BCUT2D eigenvalue weighted by atomic mass is 9.69. The summed E-state index contributed by atoms with van der Waals surface area (Å²) in [5.74, 6) is -0.711. The average Bonchev–Trinajstić information content (AvgIpc) is 2.79. The van der Waals surface area contributed by atoms with Crippen LogP contribution in [0, 0.1) is 18.2 Å². The molecule has 0 radical (unpaired) electrons. The van der Waals surface area contributed by atoms with Crippen LogP contribution in [0.25, 0.3) is 5.57 Å². The van der Waals surface area contributed by atoms with Crippen LogP contribution in [0.3, 0.4) is 0 Å². The lowest BCUT2D eigenvalue weighted by Gasteiger charge is -2.38. The quantitative estimate of drug-likeness (QED) is 0.503. The second-order valence-electron chi connectivity index (χ2n) is 10.1. The van der Waals surface area contributed by atoms with E-state index < -0.39 is 35.8 Å². The van der Waals surface area contributed by atoms with Crippen LogP contribution in [-0.4, -0.2) is 35.5 Å². The molecule has 7 heteroatoms. The van der Waals surface area contributed by atoms with Crippen LogP contribution in [-0.2, 0) is 14.3 Å². The van der Waals surface area contributed by atoms with Crippen LogP contribution < -0.4 is 5.32 Å². The SMILES string of the molecule is Cc1cc(C2=C(/C=C/C3CC(O)CC(=O)O3)C(C)(C)CC(OC(=O)Nc3ccccc3)C2)ccc1F. The Balaban J connectivity index is 1.63. The number of carbonyl (C=O) groups excluding carboxylic acids is 2. The molecule has 6 nitrogen and oxygen atoms in total. The number of esters is 1. The fraction of sp³-hybridized carbons (Fsp3) is 0.379. The summed E-state index contributed by atoms with van der Waals surface area (Å²) in [5.41, 5.74) is 3.55. The third kappa shape index (κ3) is 6.21. The molecule has 1 heterocycles. The molecule has 3 atom stereocenters. The van der Waals surface area contributed by atoms with Crippen molar-refractivity contribution in [1.82, 2.24) is 0 Å². The minimum absolute atomic E-state index is 0.00268. The van der Waals surface area contributed by atoms with E-state index in [9.17, 15) is 19.1 Å². The molecule has 1 fully saturated rings. The number of rotatable bonds is 5. The van der Waals surface area contributed by atoms with Crippen LogP contribution in [0.2, 0.25) is 0 Å². The number of aliphatic hydroxyl groups is 1. The van der Waals surface area contributed by atoms with E-state index in [1.165, 1.54) is 6.07 Å². The lowest BCUT2D eigenvalue weighted by molar-refractivity contribution is -0.156. The summed E-state index contributed by atoms with van der Waals surface area (Å²) in [7, 11) is 0. The zero-order valence-electron chi connectivity index (χ0n) is 20.8. The predicted molar refractivity (Wildman–Crippen MR) is 136 cm³/mol. The van der Waals surface area contributed by atoms with Gasteiger partial charge in [0.05, 0.1) is 12.5 Å². The first kappa shape index (κ1) is 25.6. The number of benzene rings is 2. The molecule has 2 aromatic rings. The van der Waals surface area contributed by atoms with Gasteiger partial charge in [-0.1, -0.05) is 44.2 Å². The van der Waals surface area contributed by atoms with Crippen molar-refractivity contribution in [3.8, 4) is 0 Å². The second-order valence-corrected chi connectivity index (χ2v) is 10.1. The minimum Gasteiger partial charge on any atom is -0.458 e. The number of carbonyl (C=O) groups is 2. The van der Waals surface area contributed by atoms with Gasteiger partial charge in [-0.25, -0.2) is 9.18 Å². The third-order valence-corrected chi connectivity index (χ3v) is 6.69. The van der Waals surface area contributed by atoms with Crippen molar-refractivity contribution >= 4 is 23.3 Å². The highest BCUT2D eigenvalue weighted by molar-refractivity contribution is 5.85. The largest absolute Gasteiger partial charge is 0.458 e. The maximum Gasteiger partial charge on any atom is 0.411 e. The normalized spacial score (nSPS) is 23.9. The molecule has 0 saturated carbocycles. The van der Waals surface area contributed by atoms with Crippen molar-refractivity contribution in [2.45, 2.75) is 64.8 Å². The average molecular weight is 494 g/mol. The fourth-order valence-corrected chi connectivity index (χ4v) is 4.96. The highest BCUT2D eigenvalue weighted by atomic mass is 19.1. The second kappa shape index (κ2) is 10.7. The molecule has 0 bridgehead atoms. The van der Waals surface area contributed by atoms with Crippen molar-refractivity contribution in [2.24, 2.45) is 5.41 Å². The van der Waals surface area contributed by atoms with Crippen LogP contribution in [0.15, 0.2) is 66.3 Å². The Morgan fingerprint density at radius 1 is 1.19 bits per heavy atom. The van der Waals surface area contributed by atoms with Gasteiger partial charge in [0, 0.05) is 18.5 Å².